The highest BCUT2D eigenvalue weighted by molar-refractivity contribution is 5.94. The van der Waals surface area contributed by atoms with Gasteiger partial charge in [0.1, 0.15) is 6.54 Å². The molecule has 2 aromatic rings. The number of aromatic nitrogens is 2. The Balaban J connectivity index is 1.36. The molecule has 1 aliphatic heterocycles. The molecule has 4 rings (SSSR count). The summed E-state index contributed by atoms with van der Waals surface area (Å²) in [7, 11) is 0. The molecular weight excluding hydrogens is 356 g/mol. The molecule has 7 nitrogen and oxygen atoms in total. The van der Waals surface area contributed by atoms with Gasteiger partial charge in [0.15, 0.2) is 5.78 Å². The number of nitrogens with zero attached hydrogens (tertiary/aromatic N) is 4. The van der Waals surface area contributed by atoms with E-state index in [2.05, 4.69) is 10.00 Å². The number of carbonyl (C=O) groups is 2. The van der Waals surface area contributed by atoms with Crippen LogP contribution in [0.3, 0.4) is 0 Å². The first-order valence-electron chi connectivity index (χ1n) is 9.73. The largest absolute Gasteiger partial charge is 0.368 e. The van der Waals surface area contributed by atoms with Crippen molar-refractivity contribution < 1.29 is 9.59 Å². The lowest BCUT2D eigenvalue weighted by Crippen LogP contribution is -2.50. The molecule has 1 aromatic heterocycles. The standard InChI is InChI=1S/C21H24N4O3/c1-15(26)16-4-6-18(7-5-16)23-10-12-24(13-11-23)21(28)14-25-20(27)9-8-19(22-25)17-2-3-17/h4-9,17H,2-3,10-14H2,1H3. The number of carbonyl (C=O) groups excluding carboxylic acids is 2. The molecule has 146 valence electrons. The van der Waals surface area contributed by atoms with Gasteiger partial charge in [0, 0.05) is 49.4 Å². The Bertz CT molecular complexity index is 939. The first-order valence-corrected chi connectivity index (χ1v) is 9.73. The Labute approximate surface area is 163 Å². The molecule has 1 saturated carbocycles. The average molecular weight is 380 g/mol. The van der Waals surface area contributed by atoms with Crippen LogP contribution in [-0.4, -0.2) is 52.5 Å². The van der Waals surface area contributed by atoms with E-state index in [1.54, 1.807) is 17.9 Å². The maximum atomic E-state index is 12.6. The molecule has 28 heavy (non-hydrogen) atoms. The Morgan fingerprint density at radius 1 is 1.00 bits per heavy atom. The Hall–Kier alpha value is -2.96. The van der Waals surface area contributed by atoms with E-state index in [4.69, 9.17) is 0 Å². The van der Waals surface area contributed by atoms with Crippen molar-refractivity contribution in [3.05, 3.63) is 58.0 Å². The van der Waals surface area contributed by atoms with E-state index in [0.29, 0.717) is 24.6 Å². The highest BCUT2D eigenvalue weighted by Crippen LogP contribution is 2.38. The van der Waals surface area contributed by atoms with E-state index in [1.807, 2.05) is 24.3 Å². The summed E-state index contributed by atoms with van der Waals surface area (Å²) in [6.45, 7) is 4.19. The van der Waals surface area contributed by atoms with Gasteiger partial charge >= 0.3 is 0 Å². The van der Waals surface area contributed by atoms with Crippen molar-refractivity contribution in [3.63, 3.8) is 0 Å². The number of piperazine rings is 1. The first-order chi connectivity index (χ1) is 13.5. The van der Waals surface area contributed by atoms with Crippen molar-refractivity contribution in [3.8, 4) is 0 Å². The lowest BCUT2D eigenvalue weighted by molar-refractivity contribution is -0.132. The summed E-state index contributed by atoms with van der Waals surface area (Å²) in [6, 6.07) is 10.8. The molecule has 7 heteroatoms. The van der Waals surface area contributed by atoms with Crippen LogP contribution in [0.25, 0.3) is 0 Å². The molecule has 0 atom stereocenters. The molecule has 2 aliphatic rings. The molecule has 1 amide bonds. The minimum Gasteiger partial charge on any atom is -0.368 e. The molecule has 0 unspecified atom stereocenters. The molecule has 2 fully saturated rings. The molecular formula is C21H24N4O3. The van der Waals surface area contributed by atoms with Gasteiger partial charge in [-0.3, -0.25) is 14.4 Å². The number of hydrogen-bond acceptors (Lipinski definition) is 5. The predicted molar refractivity (Wildman–Crippen MR) is 106 cm³/mol. The zero-order valence-corrected chi connectivity index (χ0v) is 16.0. The van der Waals surface area contributed by atoms with E-state index in [-0.39, 0.29) is 23.8 Å². The van der Waals surface area contributed by atoms with Crippen LogP contribution in [-0.2, 0) is 11.3 Å². The summed E-state index contributed by atoms with van der Waals surface area (Å²) in [4.78, 5) is 40.1. The number of hydrogen-bond donors (Lipinski definition) is 0. The third-order valence-electron chi connectivity index (χ3n) is 5.44. The number of Topliss-reactive ketones (excluding diaryl/α,β-unsaturated/α-hetero) is 1. The van der Waals surface area contributed by atoms with Crippen LogP contribution in [0.2, 0.25) is 0 Å². The summed E-state index contributed by atoms with van der Waals surface area (Å²) in [5.41, 5.74) is 2.42. The lowest BCUT2D eigenvalue weighted by atomic mass is 10.1. The van der Waals surface area contributed by atoms with Gasteiger partial charge in [-0.1, -0.05) is 0 Å². The number of rotatable bonds is 5. The van der Waals surface area contributed by atoms with Crippen LogP contribution in [0, 0.1) is 0 Å². The Morgan fingerprint density at radius 3 is 2.29 bits per heavy atom. The van der Waals surface area contributed by atoms with Crippen molar-refractivity contribution in [2.45, 2.75) is 32.2 Å². The number of anilines is 1. The first kappa shape index (κ1) is 18.4. The van der Waals surface area contributed by atoms with Crippen molar-refractivity contribution in [1.29, 1.82) is 0 Å². The van der Waals surface area contributed by atoms with Gasteiger partial charge in [-0.05, 0) is 50.1 Å². The molecule has 1 saturated heterocycles. The number of amides is 1. The fourth-order valence-electron chi connectivity index (χ4n) is 3.52. The van der Waals surface area contributed by atoms with Crippen molar-refractivity contribution >= 4 is 17.4 Å². The summed E-state index contributed by atoms with van der Waals surface area (Å²) in [5, 5.41) is 4.37. The number of benzene rings is 1. The van der Waals surface area contributed by atoms with Crippen LogP contribution in [0.15, 0.2) is 41.2 Å². The quantitative estimate of drug-likeness (QED) is 0.738. The highest BCUT2D eigenvalue weighted by Gasteiger charge is 2.26. The Morgan fingerprint density at radius 2 is 1.68 bits per heavy atom. The van der Waals surface area contributed by atoms with Crippen molar-refractivity contribution in [1.82, 2.24) is 14.7 Å². The van der Waals surface area contributed by atoms with Crippen molar-refractivity contribution in [2.75, 3.05) is 31.1 Å². The SMILES string of the molecule is CC(=O)c1ccc(N2CCN(C(=O)Cn3nc(C4CC4)ccc3=O)CC2)cc1. The van der Waals surface area contributed by atoms with E-state index in [9.17, 15) is 14.4 Å². The summed E-state index contributed by atoms with van der Waals surface area (Å²) in [6.07, 6.45) is 2.21. The second-order valence-electron chi connectivity index (χ2n) is 7.50. The maximum Gasteiger partial charge on any atom is 0.267 e. The van der Waals surface area contributed by atoms with Crippen LogP contribution < -0.4 is 10.5 Å². The summed E-state index contributed by atoms with van der Waals surface area (Å²) < 4.78 is 1.29. The third-order valence-corrected chi connectivity index (χ3v) is 5.44. The molecule has 0 radical (unpaired) electrons. The van der Waals surface area contributed by atoms with Gasteiger partial charge in [0.25, 0.3) is 5.56 Å². The predicted octanol–water partition coefficient (Wildman–Crippen LogP) is 1.67. The van der Waals surface area contributed by atoms with Gasteiger partial charge < -0.3 is 9.80 Å². The third kappa shape index (κ3) is 3.98. The minimum absolute atomic E-state index is 0.00724. The fraction of sp³-hybridized carbons (Fsp3) is 0.429. The van der Waals surface area contributed by atoms with Gasteiger partial charge in [-0.25, -0.2) is 4.68 Å². The van der Waals surface area contributed by atoms with Gasteiger partial charge in [0.2, 0.25) is 5.91 Å². The molecule has 1 aromatic carbocycles. The summed E-state index contributed by atoms with van der Waals surface area (Å²) in [5.74, 6) is 0.422. The van der Waals surface area contributed by atoms with Gasteiger partial charge in [-0.2, -0.15) is 5.10 Å². The monoisotopic (exact) mass is 380 g/mol. The van der Waals surface area contributed by atoms with E-state index < -0.39 is 0 Å². The van der Waals surface area contributed by atoms with Crippen LogP contribution >= 0.6 is 0 Å². The van der Waals surface area contributed by atoms with E-state index in [1.165, 1.54) is 10.7 Å². The van der Waals surface area contributed by atoms with Gasteiger partial charge in [-0.15, -0.1) is 0 Å². The lowest BCUT2D eigenvalue weighted by Gasteiger charge is -2.36. The van der Waals surface area contributed by atoms with Crippen molar-refractivity contribution in [2.24, 2.45) is 0 Å². The Kier molecular flexibility index (Phi) is 4.98. The van der Waals surface area contributed by atoms with Crippen LogP contribution in [0.1, 0.15) is 41.7 Å². The average Bonchev–Trinajstić information content (AvgIpc) is 3.55. The molecule has 2 heterocycles. The number of ketones is 1. The second kappa shape index (κ2) is 7.58. The van der Waals surface area contributed by atoms with E-state index >= 15 is 0 Å². The van der Waals surface area contributed by atoms with Gasteiger partial charge in [0.05, 0.1) is 5.69 Å². The molecule has 0 bridgehead atoms. The minimum atomic E-state index is -0.234. The van der Waals surface area contributed by atoms with E-state index in [0.717, 1.165) is 37.3 Å². The van der Waals surface area contributed by atoms with Crippen LogP contribution in [0.5, 0.6) is 0 Å². The molecule has 0 N–H and O–H groups in total. The van der Waals surface area contributed by atoms with Crippen LogP contribution in [0.4, 0.5) is 5.69 Å². The molecule has 1 aliphatic carbocycles. The molecule has 0 spiro atoms. The summed E-state index contributed by atoms with van der Waals surface area (Å²) >= 11 is 0. The zero-order valence-electron chi connectivity index (χ0n) is 16.0. The highest BCUT2D eigenvalue weighted by atomic mass is 16.2. The zero-order chi connectivity index (χ0) is 19.7. The normalized spacial score (nSPS) is 16.9. The fourth-order valence-corrected chi connectivity index (χ4v) is 3.52. The maximum absolute atomic E-state index is 12.6. The second-order valence-corrected chi connectivity index (χ2v) is 7.50. The topological polar surface area (TPSA) is 75.5 Å². The smallest absolute Gasteiger partial charge is 0.267 e.